The topological polar surface area (TPSA) is 134 Å². The van der Waals surface area contributed by atoms with E-state index in [9.17, 15) is 24.0 Å². The van der Waals surface area contributed by atoms with Gasteiger partial charge in [-0.25, -0.2) is 0 Å². The third kappa shape index (κ3) is 9.63. The Bertz CT molecular complexity index is 2170. The van der Waals surface area contributed by atoms with E-state index in [-0.39, 0.29) is 42.4 Å². The van der Waals surface area contributed by atoms with E-state index in [0.717, 1.165) is 26.7 Å². The highest BCUT2D eigenvalue weighted by molar-refractivity contribution is 6.99. The second kappa shape index (κ2) is 18.9. The van der Waals surface area contributed by atoms with E-state index in [1.165, 1.54) is 0 Å². The van der Waals surface area contributed by atoms with Crippen LogP contribution in [-0.2, 0) is 34.8 Å². The lowest BCUT2D eigenvalue weighted by Gasteiger charge is -2.44. The first-order valence-electron chi connectivity index (χ1n) is 21.3. The molecule has 0 spiro atoms. The minimum Gasteiger partial charge on any atom is -0.398 e. The quantitative estimate of drug-likeness (QED) is 0.114. The molecule has 2 fully saturated rings. The Balaban J connectivity index is 1.15. The van der Waals surface area contributed by atoms with Crippen molar-refractivity contribution in [2.75, 3.05) is 6.54 Å². The van der Waals surface area contributed by atoms with Crippen molar-refractivity contribution in [1.82, 2.24) is 20.9 Å². The zero-order chi connectivity index (χ0) is 43.1. The summed E-state index contributed by atoms with van der Waals surface area (Å²) in [7, 11) is -2.94. The maximum Gasteiger partial charge on any atom is 0.262 e. The third-order valence-electron chi connectivity index (χ3n) is 12.3. The lowest BCUT2D eigenvalue weighted by Crippen LogP contribution is -2.68. The summed E-state index contributed by atoms with van der Waals surface area (Å²) < 4.78 is 7.01. The van der Waals surface area contributed by atoms with Gasteiger partial charge in [0.25, 0.3) is 8.32 Å². The number of ketones is 1. The summed E-state index contributed by atoms with van der Waals surface area (Å²) in [5, 5.41) is 12.8. The molecule has 316 valence electrons. The van der Waals surface area contributed by atoms with Crippen LogP contribution >= 0.6 is 0 Å². The molecule has 3 N–H and O–H groups in total. The summed E-state index contributed by atoms with van der Waals surface area (Å²) in [4.78, 5) is 71.4. The fraction of sp³-hybridized carbons (Fsp3) is 0.408. The molecule has 10 nitrogen and oxygen atoms in total. The second-order valence-electron chi connectivity index (χ2n) is 17.5. The van der Waals surface area contributed by atoms with Gasteiger partial charge in [0.15, 0.2) is 5.78 Å². The minimum absolute atomic E-state index is 0.0640. The van der Waals surface area contributed by atoms with E-state index >= 15 is 0 Å². The van der Waals surface area contributed by atoms with Gasteiger partial charge in [-0.3, -0.25) is 24.0 Å². The van der Waals surface area contributed by atoms with Crippen molar-refractivity contribution in [1.29, 1.82) is 0 Å². The van der Waals surface area contributed by atoms with Crippen molar-refractivity contribution in [2.45, 2.75) is 121 Å². The number of nitrogens with one attached hydrogen (secondary N) is 3. The number of benzene rings is 4. The molecular weight excluding hydrogens is 769 g/mol. The third-order valence-corrected chi connectivity index (χ3v) is 17.4. The largest absolute Gasteiger partial charge is 0.398 e. The maximum absolute atomic E-state index is 14.3. The number of hydrogen-bond donors (Lipinski definition) is 3. The van der Waals surface area contributed by atoms with Crippen molar-refractivity contribution < 1.29 is 28.4 Å². The molecule has 4 aromatic rings. The summed E-state index contributed by atoms with van der Waals surface area (Å²) in [6.45, 7) is 12.2. The monoisotopic (exact) mass is 828 g/mol. The number of hydrogen-bond acceptors (Lipinski definition) is 6. The Hall–Kier alpha value is -5.39. The molecule has 2 aliphatic rings. The van der Waals surface area contributed by atoms with Crippen LogP contribution in [0, 0.1) is 0 Å². The standard InChI is InChI=1S/C49H60N4O6Si/c1-7-49(6)47(58)51-41(33-35-29-30-36-20-17-18-21-37(36)32-35)46(57)53-31-19-27-42(53)45(56)50-40(44(55)52-49)26-15-10-16-28-43(54)34(2)59-60(48(3,4)5,38-22-11-8-12-23-38)39-24-13-9-14-25-39/h8-14,16-18,20-25,29-30,32,34,40-42H,7,15,19,26-28,31,33H2,1-6H3,(H,50,56)(H,51,58)(H,52,55)/t34-,40+,41+,42-,49+/m1/s1. The second-order valence-corrected chi connectivity index (χ2v) is 21.7. The highest BCUT2D eigenvalue weighted by Crippen LogP contribution is 2.37. The van der Waals surface area contributed by atoms with Crippen LogP contribution < -0.4 is 26.3 Å². The van der Waals surface area contributed by atoms with Crippen LogP contribution in [0.25, 0.3) is 10.8 Å². The van der Waals surface area contributed by atoms with Crippen LogP contribution in [-0.4, -0.2) is 78.9 Å². The molecule has 6 rings (SSSR count). The first-order valence-corrected chi connectivity index (χ1v) is 23.3. The smallest absolute Gasteiger partial charge is 0.262 e. The molecule has 5 atom stereocenters. The van der Waals surface area contributed by atoms with Gasteiger partial charge in [0.05, 0.1) is 0 Å². The summed E-state index contributed by atoms with van der Waals surface area (Å²) in [5.74, 6) is -1.74. The highest BCUT2D eigenvalue weighted by Gasteiger charge is 2.51. The molecule has 60 heavy (non-hydrogen) atoms. The van der Waals surface area contributed by atoms with Gasteiger partial charge in [0.1, 0.15) is 29.8 Å². The van der Waals surface area contributed by atoms with E-state index in [4.69, 9.17) is 4.43 Å². The van der Waals surface area contributed by atoms with Gasteiger partial charge in [-0.05, 0) is 77.7 Å². The van der Waals surface area contributed by atoms with E-state index in [2.05, 4.69) is 61.0 Å². The van der Waals surface area contributed by atoms with E-state index < -0.39 is 55.8 Å². The van der Waals surface area contributed by atoms with Crippen molar-refractivity contribution >= 4 is 58.9 Å². The number of carbonyl (C=O) groups is 5. The van der Waals surface area contributed by atoms with E-state index in [1.807, 2.05) is 91.9 Å². The highest BCUT2D eigenvalue weighted by atomic mass is 28.4. The minimum atomic E-state index is -2.94. The number of amides is 4. The lowest BCUT2D eigenvalue weighted by molar-refractivity contribution is -0.144. The zero-order valence-corrected chi connectivity index (χ0v) is 36.8. The Morgan fingerprint density at radius 2 is 1.48 bits per heavy atom. The van der Waals surface area contributed by atoms with Gasteiger partial charge in [0.2, 0.25) is 23.6 Å². The molecule has 4 aromatic carbocycles. The lowest BCUT2D eigenvalue weighted by atomic mass is 9.94. The molecule has 0 saturated carbocycles. The molecule has 11 heteroatoms. The Kier molecular flexibility index (Phi) is 13.9. The van der Waals surface area contributed by atoms with Crippen molar-refractivity contribution in [2.24, 2.45) is 0 Å². The maximum atomic E-state index is 14.3. The van der Waals surface area contributed by atoms with Gasteiger partial charge in [-0.2, -0.15) is 0 Å². The molecule has 0 unspecified atom stereocenters. The SMILES string of the molecule is CC[C@]1(C)NC(=O)[C@H](CCC=CCC(=O)[C@@H](C)O[Si](c2ccccc2)(c2ccccc2)C(C)(C)C)NC(=O)[C@H]2CCCN2C(=O)[C@H](Cc2ccc3ccccc3c2)NC1=O. The molecule has 2 saturated heterocycles. The fourth-order valence-corrected chi connectivity index (χ4v) is 13.3. The first kappa shape index (κ1) is 44.2. The number of Topliss-reactive ketones (excluding diaryl/α,β-unsaturated/α-hetero) is 1. The Morgan fingerprint density at radius 1 is 0.850 bits per heavy atom. The molecular formula is C49H60N4O6Si. The zero-order valence-electron chi connectivity index (χ0n) is 35.8. The summed E-state index contributed by atoms with van der Waals surface area (Å²) in [5.41, 5.74) is -0.479. The number of rotatable bonds is 13. The van der Waals surface area contributed by atoms with Crippen molar-refractivity contribution in [3.05, 3.63) is 121 Å². The molecule has 2 aliphatic heterocycles. The van der Waals surface area contributed by atoms with Crippen molar-refractivity contribution in [3.63, 3.8) is 0 Å². The number of nitrogens with zero attached hydrogens (tertiary/aromatic N) is 1. The van der Waals surface area contributed by atoms with Crippen LogP contribution in [0.15, 0.2) is 115 Å². The Labute approximate surface area is 355 Å². The number of fused-ring (bicyclic) bond motifs is 2. The average Bonchev–Trinajstić information content (AvgIpc) is 3.74. The van der Waals surface area contributed by atoms with Gasteiger partial charge in [0, 0.05) is 19.4 Å². The number of carbonyl (C=O) groups excluding carboxylic acids is 5. The van der Waals surface area contributed by atoms with Crippen LogP contribution in [0.2, 0.25) is 5.04 Å². The van der Waals surface area contributed by atoms with Crippen LogP contribution in [0.4, 0.5) is 0 Å². The summed E-state index contributed by atoms with van der Waals surface area (Å²) in [6, 6.07) is 31.6. The Morgan fingerprint density at radius 3 is 2.12 bits per heavy atom. The van der Waals surface area contributed by atoms with Gasteiger partial charge in [-0.1, -0.05) is 143 Å². The van der Waals surface area contributed by atoms with Crippen molar-refractivity contribution in [3.8, 4) is 0 Å². The van der Waals surface area contributed by atoms with Crippen LogP contribution in [0.5, 0.6) is 0 Å². The predicted molar refractivity (Wildman–Crippen MR) is 239 cm³/mol. The van der Waals surface area contributed by atoms with Crippen LogP contribution in [0.3, 0.4) is 0 Å². The molecule has 0 bridgehead atoms. The molecule has 0 aliphatic carbocycles. The van der Waals surface area contributed by atoms with Gasteiger partial charge in [-0.15, -0.1) is 0 Å². The van der Waals surface area contributed by atoms with Gasteiger partial charge < -0.3 is 25.3 Å². The summed E-state index contributed by atoms with van der Waals surface area (Å²) >= 11 is 0. The molecule has 2 heterocycles. The fourth-order valence-electron chi connectivity index (χ4n) is 8.59. The number of allylic oxidation sites excluding steroid dienone is 2. The summed E-state index contributed by atoms with van der Waals surface area (Å²) in [6.07, 6.45) is 5.26. The van der Waals surface area contributed by atoms with E-state index in [0.29, 0.717) is 25.8 Å². The first-order chi connectivity index (χ1) is 28.7. The molecule has 0 radical (unpaired) electrons. The molecule has 4 amide bonds. The predicted octanol–water partition coefficient (Wildman–Crippen LogP) is 5.90. The normalized spacial score (nSPS) is 22.4. The molecule has 0 aromatic heterocycles. The van der Waals surface area contributed by atoms with Crippen LogP contribution in [0.1, 0.15) is 85.6 Å². The van der Waals surface area contributed by atoms with E-state index in [1.54, 1.807) is 24.8 Å². The average molecular weight is 829 g/mol. The van der Waals surface area contributed by atoms with Gasteiger partial charge >= 0.3 is 0 Å².